The highest BCUT2D eigenvalue weighted by Crippen LogP contribution is 2.50. The predicted molar refractivity (Wildman–Crippen MR) is 140 cm³/mol. The van der Waals surface area contributed by atoms with Crippen LogP contribution in [0.4, 0.5) is 0 Å². The third-order valence-corrected chi connectivity index (χ3v) is 8.42. The largest absolute Gasteiger partial charge is 0.156 e. The number of hydrogen-bond donors (Lipinski definition) is 0. The quantitative estimate of drug-likeness (QED) is 0.268. The second-order valence-corrected chi connectivity index (χ2v) is 9.96. The molecule has 0 bridgehead atoms. The van der Waals surface area contributed by atoms with Crippen molar-refractivity contribution < 1.29 is 0 Å². The molecule has 0 fully saturated rings. The topological polar surface area (TPSA) is 0 Å². The summed E-state index contributed by atoms with van der Waals surface area (Å²) in [5.41, 5.74) is 6.60. The molecule has 0 aliphatic rings. The lowest BCUT2D eigenvalue weighted by molar-refractivity contribution is 0.337. The van der Waals surface area contributed by atoms with Crippen molar-refractivity contribution in [2.24, 2.45) is 0 Å². The van der Waals surface area contributed by atoms with E-state index >= 15 is 0 Å². The van der Waals surface area contributed by atoms with Gasteiger partial charge in [0, 0.05) is 22.3 Å². The van der Waals surface area contributed by atoms with E-state index in [0.717, 1.165) is 11.5 Å². The zero-order chi connectivity index (χ0) is 22.4. The molecular weight excluding hydrogens is 404 g/mol. The Balaban J connectivity index is 1.81. The van der Waals surface area contributed by atoms with Crippen LogP contribution in [0.15, 0.2) is 115 Å². The van der Waals surface area contributed by atoms with Gasteiger partial charge in [0.15, 0.2) is 0 Å². The minimum atomic E-state index is -0.185. The summed E-state index contributed by atoms with van der Waals surface area (Å²) >= 11 is 2.04. The average Bonchev–Trinajstić information content (AvgIpc) is 2.86. The molecule has 0 aliphatic carbocycles. The number of thioether (sulfide) groups is 1. The monoisotopic (exact) mass is 436 g/mol. The highest BCUT2D eigenvalue weighted by molar-refractivity contribution is 7.98. The van der Waals surface area contributed by atoms with Gasteiger partial charge in [-0.15, -0.1) is 0 Å². The molecule has 0 spiro atoms. The van der Waals surface area contributed by atoms with Crippen LogP contribution < -0.4 is 0 Å². The molecule has 0 aliphatic heterocycles. The van der Waals surface area contributed by atoms with Crippen molar-refractivity contribution in [3.05, 3.63) is 143 Å². The van der Waals surface area contributed by atoms with Crippen LogP contribution in [0.2, 0.25) is 0 Å². The van der Waals surface area contributed by atoms with Crippen molar-refractivity contribution in [2.45, 2.75) is 37.4 Å². The number of aryl methyl sites for hydroxylation is 1. The molecule has 0 N–H and O–H groups in total. The maximum atomic E-state index is 2.45. The third-order valence-electron chi connectivity index (χ3n) is 7.13. The maximum absolute atomic E-state index is 2.45. The summed E-state index contributed by atoms with van der Waals surface area (Å²) in [5, 5.41) is 0. The van der Waals surface area contributed by atoms with E-state index < -0.39 is 0 Å². The molecular formula is C31H32S. The SMILES string of the molecule is Cc1ccccc1CSCC(C)(c1ccccc1)C(C)(c1ccccc1)c1ccccc1. The second kappa shape index (κ2) is 9.79. The lowest BCUT2D eigenvalue weighted by Gasteiger charge is -2.48. The minimum absolute atomic E-state index is 0.107. The van der Waals surface area contributed by atoms with Crippen LogP contribution in [0.5, 0.6) is 0 Å². The molecule has 0 aromatic heterocycles. The summed E-state index contributed by atoms with van der Waals surface area (Å²) in [7, 11) is 0. The summed E-state index contributed by atoms with van der Waals surface area (Å²) in [6.45, 7) is 7.09. The Morgan fingerprint density at radius 3 is 1.50 bits per heavy atom. The Bertz CT molecular complexity index is 1080. The van der Waals surface area contributed by atoms with Crippen LogP contribution in [-0.4, -0.2) is 5.75 Å². The molecule has 162 valence electrons. The van der Waals surface area contributed by atoms with Gasteiger partial charge < -0.3 is 0 Å². The molecule has 0 nitrogen and oxygen atoms in total. The van der Waals surface area contributed by atoms with Crippen LogP contribution in [0.1, 0.15) is 41.7 Å². The molecule has 1 heteroatoms. The van der Waals surface area contributed by atoms with E-state index in [1.807, 2.05) is 11.8 Å². The smallest absolute Gasteiger partial charge is 0.0276 e. The maximum Gasteiger partial charge on any atom is 0.0276 e. The first-order valence-electron chi connectivity index (χ1n) is 11.3. The van der Waals surface area contributed by atoms with E-state index in [2.05, 4.69) is 136 Å². The molecule has 4 aromatic carbocycles. The zero-order valence-corrected chi connectivity index (χ0v) is 20.1. The normalized spacial score (nSPS) is 13.5. The molecule has 0 saturated carbocycles. The Labute approximate surface area is 197 Å². The van der Waals surface area contributed by atoms with Gasteiger partial charge >= 0.3 is 0 Å². The standard InChI is InChI=1S/C31H32S/c1-25-15-13-14-16-26(25)23-32-24-30(2,27-17-7-4-8-18-27)31(3,28-19-9-5-10-20-28)29-21-11-6-12-22-29/h4-22H,23-24H2,1-3H3. The molecule has 0 amide bonds. The van der Waals surface area contributed by atoms with Crippen molar-refractivity contribution >= 4 is 11.8 Å². The molecule has 4 rings (SSSR count). The molecule has 1 unspecified atom stereocenters. The lowest BCUT2D eigenvalue weighted by Crippen LogP contribution is -2.48. The fourth-order valence-electron chi connectivity index (χ4n) is 4.81. The minimum Gasteiger partial charge on any atom is -0.156 e. The van der Waals surface area contributed by atoms with Gasteiger partial charge in [-0.1, -0.05) is 129 Å². The first kappa shape index (κ1) is 22.4. The van der Waals surface area contributed by atoms with Crippen LogP contribution in [0, 0.1) is 6.92 Å². The van der Waals surface area contributed by atoms with Gasteiger partial charge in [-0.2, -0.15) is 11.8 Å². The van der Waals surface area contributed by atoms with Gasteiger partial charge in [0.05, 0.1) is 0 Å². The van der Waals surface area contributed by atoms with Crippen molar-refractivity contribution in [3.63, 3.8) is 0 Å². The molecule has 0 saturated heterocycles. The van der Waals surface area contributed by atoms with E-state index in [4.69, 9.17) is 0 Å². The van der Waals surface area contributed by atoms with Gasteiger partial charge in [-0.3, -0.25) is 0 Å². The van der Waals surface area contributed by atoms with Gasteiger partial charge in [-0.25, -0.2) is 0 Å². The Morgan fingerprint density at radius 2 is 1.00 bits per heavy atom. The van der Waals surface area contributed by atoms with E-state index in [-0.39, 0.29) is 10.8 Å². The van der Waals surface area contributed by atoms with Crippen molar-refractivity contribution in [1.29, 1.82) is 0 Å². The van der Waals surface area contributed by atoms with E-state index in [9.17, 15) is 0 Å². The van der Waals surface area contributed by atoms with Crippen LogP contribution in [-0.2, 0) is 16.6 Å². The predicted octanol–water partition coefficient (Wildman–Crippen LogP) is 8.19. The Morgan fingerprint density at radius 1 is 0.562 bits per heavy atom. The Kier molecular flexibility index (Phi) is 6.86. The fraction of sp³-hybridized carbons (Fsp3) is 0.226. The van der Waals surface area contributed by atoms with E-state index in [1.54, 1.807) is 0 Å². The highest BCUT2D eigenvalue weighted by atomic mass is 32.2. The fourth-order valence-corrected chi connectivity index (χ4v) is 6.32. The van der Waals surface area contributed by atoms with Gasteiger partial charge in [0.25, 0.3) is 0 Å². The highest BCUT2D eigenvalue weighted by Gasteiger charge is 2.47. The summed E-state index contributed by atoms with van der Waals surface area (Å²) in [6, 6.07) is 41.9. The molecule has 4 aromatic rings. The molecule has 32 heavy (non-hydrogen) atoms. The summed E-state index contributed by atoms with van der Waals surface area (Å²) in [5.74, 6) is 2.04. The zero-order valence-electron chi connectivity index (χ0n) is 19.3. The second-order valence-electron chi connectivity index (χ2n) is 8.97. The van der Waals surface area contributed by atoms with Crippen molar-refractivity contribution in [3.8, 4) is 0 Å². The number of benzene rings is 4. The molecule has 0 radical (unpaired) electrons. The van der Waals surface area contributed by atoms with Crippen LogP contribution in [0.25, 0.3) is 0 Å². The van der Waals surface area contributed by atoms with Crippen LogP contribution >= 0.6 is 11.8 Å². The summed E-state index contributed by atoms with van der Waals surface area (Å²) in [4.78, 5) is 0. The van der Waals surface area contributed by atoms with Gasteiger partial charge in [0.2, 0.25) is 0 Å². The van der Waals surface area contributed by atoms with Gasteiger partial charge in [0.1, 0.15) is 0 Å². The van der Waals surface area contributed by atoms with E-state index in [1.165, 1.54) is 27.8 Å². The first-order chi connectivity index (χ1) is 15.6. The Hall–Kier alpha value is -2.77. The number of rotatable bonds is 8. The first-order valence-corrected chi connectivity index (χ1v) is 12.5. The van der Waals surface area contributed by atoms with Crippen LogP contribution in [0.3, 0.4) is 0 Å². The average molecular weight is 437 g/mol. The van der Waals surface area contributed by atoms with E-state index in [0.29, 0.717) is 0 Å². The van der Waals surface area contributed by atoms with Gasteiger partial charge in [-0.05, 0) is 34.7 Å². The molecule has 1 atom stereocenters. The molecule has 0 heterocycles. The van der Waals surface area contributed by atoms with Crippen molar-refractivity contribution in [2.75, 3.05) is 5.75 Å². The third kappa shape index (κ3) is 4.27. The summed E-state index contributed by atoms with van der Waals surface area (Å²) < 4.78 is 0. The summed E-state index contributed by atoms with van der Waals surface area (Å²) in [6.07, 6.45) is 0. The lowest BCUT2D eigenvalue weighted by atomic mass is 9.57. The van der Waals surface area contributed by atoms with Crippen molar-refractivity contribution in [1.82, 2.24) is 0 Å². The number of hydrogen-bond acceptors (Lipinski definition) is 1.